The van der Waals surface area contributed by atoms with E-state index in [1.165, 1.54) is 0 Å². The standard InChI is InChI=1S/C19H14N2O2/c1-12-7-8-13-10-14-11-17(23-19(14)21-16(13)9-12)18(22)20-15-5-3-2-4-6-15/h2-11H,1H3,(H,20,22). The number of pyridine rings is 1. The van der Waals surface area contributed by atoms with Crippen molar-refractivity contribution in [3.05, 3.63) is 72.0 Å². The normalized spacial score (nSPS) is 11.0. The van der Waals surface area contributed by atoms with Gasteiger partial charge in [0.15, 0.2) is 5.76 Å². The minimum atomic E-state index is -0.283. The molecule has 0 aliphatic carbocycles. The van der Waals surface area contributed by atoms with Gasteiger partial charge in [-0.15, -0.1) is 0 Å². The smallest absolute Gasteiger partial charge is 0.291 e. The Kier molecular flexibility index (Phi) is 3.08. The molecule has 23 heavy (non-hydrogen) atoms. The van der Waals surface area contributed by atoms with E-state index in [1.54, 1.807) is 6.07 Å². The van der Waals surface area contributed by atoms with Crippen LogP contribution in [0.2, 0.25) is 0 Å². The molecule has 1 N–H and O–H groups in total. The molecule has 0 aliphatic heterocycles. The van der Waals surface area contributed by atoms with Crippen LogP contribution in [-0.4, -0.2) is 10.9 Å². The van der Waals surface area contributed by atoms with Crippen LogP contribution >= 0.6 is 0 Å². The fourth-order valence-electron chi connectivity index (χ4n) is 2.56. The zero-order valence-corrected chi connectivity index (χ0v) is 12.5. The number of para-hydroxylation sites is 1. The van der Waals surface area contributed by atoms with Crippen LogP contribution in [0, 0.1) is 6.92 Å². The maximum absolute atomic E-state index is 12.3. The molecule has 4 heteroatoms. The summed E-state index contributed by atoms with van der Waals surface area (Å²) in [5, 5.41) is 4.66. The number of aryl methyl sites for hydroxylation is 1. The number of nitrogens with zero attached hydrogens (tertiary/aromatic N) is 1. The highest BCUT2D eigenvalue weighted by atomic mass is 16.4. The van der Waals surface area contributed by atoms with Crippen molar-refractivity contribution in [2.45, 2.75) is 6.92 Å². The van der Waals surface area contributed by atoms with Crippen molar-refractivity contribution >= 4 is 33.6 Å². The summed E-state index contributed by atoms with van der Waals surface area (Å²) in [6, 6.07) is 19.1. The number of hydrogen-bond donors (Lipinski definition) is 1. The van der Waals surface area contributed by atoms with Gasteiger partial charge >= 0.3 is 0 Å². The van der Waals surface area contributed by atoms with Crippen molar-refractivity contribution in [2.75, 3.05) is 5.32 Å². The Morgan fingerprint density at radius 2 is 1.83 bits per heavy atom. The van der Waals surface area contributed by atoms with E-state index >= 15 is 0 Å². The van der Waals surface area contributed by atoms with Crippen molar-refractivity contribution in [3.63, 3.8) is 0 Å². The summed E-state index contributed by atoms with van der Waals surface area (Å²) in [5.74, 6) is -0.0298. The highest BCUT2D eigenvalue weighted by molar-refractivity contribution is 6.05. The summed E-state index contributed by atoms with van der Waals surface area (Å²) in [7, 11) is 0. The van der Waals surface area contributed by atoms with Crippen LogP contribution in [0.25, 0.3) is 22.0 Å². The third kappa shape index (κ3) is 2.55. The maximum Gasteiger partial charge on any atom is 0.291 e. The fraction of sp³-hybridized carbons (Fsp3) is 0.0526. The third-order valence-electron chi connectivity index (χ3n) is 3.71. The van der Waals surface area contributed by atoms with Gasteiger partial charge < -0.3 is 9.73 Å². The van der Waals surface area contributed by atoms with Crippen molar-refractivity contribution in [2.24, 2.45) is 0 Å². The predicted molar refractivity (Wildman–Crippen MR) is 90.6 cm³/mol. The van der Waals surface area contributed by atoms with E-state index in [2.05, 4.69) is 10.3 Å². The first-order valence-electron chi connectivity index (χ1n) is 7.36. The van der Waals surface area contributed by atoms with Gasteiger partial charge in [-0.3, -0.25) is 4.79 Å². The number of carbonyl (C=O) groups excluding carboxylic acids is 1. The molecule has 0 saturated carbocycles. The quantitative estimate of drug-likeness (QED) is 0.591. The van der Waals surface area contributed by atoms with Crippen LogP contribution in [0.3, 0.4) is 0 Å². The largest absolute Gasteiger partial charge is 0.433 e. The molecule has 0 aliphatic rings. The van der Waals surface area contributed by atoms with Gasteiger partial charge in [-0.2, -0.15) is 0 Å². The summed E-state index contributed by atoms with van der Waals surface area (Å²) < 4.78 is 5.63. The molecular formula is C19H14N2O2. The lowest BCUT2D eigenvalue weighted by molar-refractivity contribution is 0.0998. The van der Waals surface area contributed by atoms with Gasteiger partial charge in [0.25, 0.3) is 5.91 Å². The van der Waals surface area contributed by atoms with Crippen molar-refractivity contribution in [1.82, 2.24) is 4.98 Å². The molecule has 4 rings (SSSR count). The predicted octanol–water partition coefficient (Wildman–Crippen LogP) is 4.54. The first kappa shape index (κ1) is 13.5. The molecule has 0 spiro atoms. The van der Waals surface area contributed by atoms with Crippen LogP contribution in [0.15, 0.2) is 65.1 Å². The number of aromatic nitrogens is 1. The highest BCUT2D eigenvalue weighted by Crippen LogP contribution is 2.24. The van der Waals surface area contributed by atoms with Crippen molar-refractivity contribution in [1.29, 1.82) is 0 Å². The minimum Gasteiger partial charge on any atom is -0.433 e. The number of nitrogens with one attached hydrogen (secondary N) is 1. The summed E-state index contributed by atoms with van der Waals surface area (Å²) in [6.45, 7) is 2.02. The number of hydrogen-bond acceptors (Lipinski definition) is 3. The van der Waals surface area contributed by atoms with Crippen LogP contribution in [0.1, 0.15) is 16.1 Å². The Morgan fingerprint density at radius 1 is 1.00 bits per heavy atom. The number of furan rings is 1. The molecule has 0 unspecified atom stereocenters. The lowest BCUT2D eigenvalue weighted by Gasteiger charge is -2.01. The number of fused-ring (bicyclic) bond motifs is 2. The number of carbonyl (C=O) groups is 1. The molecular weight excluding hydrogens is 288 g/mol. The van der Waals surface area contributed by atoms with E-state index in [0.717, 1.165) is 27.5 Å². The molecule has 0 radical (unpaired) electrons. The molecule has 2 aromatic carbocycles. The summed E-state index contributed by atoms with van der Waals surface area (Å²) in [4.78, 5) is 16.8. The number of benzene rings is 2. The minimum absolute atomic E-state index is 0.253. The van der Waals surface area contributed by atoms with Crippen molar-refractivity contribution < 1.29 is 9.21 Å². The maximum atomic E-state index is 12.3. The second-order valence-corrected chi connectivity index (χ2v) is 5.51. The molecule has 0 fully saturated rings. The first-order chi connectivity index (χ1) is 11.2. The van der Waals surface area contributed by atoms with Crippen LogP contribution < -0.4 is 5.32 Å². The topological polar surface area (TPSA) is 55.1 Å². The van der Waals surface area contributed by atoms with Gasteiger partial charge in [-0.1, -0.05) is 30.3 Å². The lowest BCUT2D eigenvalue weighted by atomic mass is 10.1. The Bertz CT molecular complexity index is 1020. The Morgan fingerprint density at radius 3 is 2.65 bits per heavy atom. The lowest BCUT2D eigenvalue weighted by Crippen LogP contribution is -2.10. The molecule has 112 valence electrons. The Balaban J connectivity index is 1.73. The van der Waals surface area contributed by atoms with E-state index in [1.807, 2.05) is 61.5 Å². The molecule has 2 heterocycles. The molecule has 2 aromatic heterocycles. The summed E-state index contributed by atoms with van der Waals surface area (Å²) in [6.07, 6.45) is 0. The molecule has 4 nitrogen and oxygen atoms in total. The molecule has 4 aromatic rings. The van der Waals surface area contributed by atoms with Crippen molar-refractivity contribution in [3.8, 4) is 0 Å². The number of amides is 1. The summed E-state index contributed by atoms with van der Waals surface area (Å²) in [5.41, 5.74) is 3.20. The summed E-state index contributed by atoms with van der Waals surface area (Å²) >= 11 is 0. The first-order valence-corrected chi connectivity index (χ1v) is 7.36. The van der Waals surface area contributed by atoms with E-state index < -0.39 is 0 Å². The Hall–Kier alpha value is -3.14. The average Bonchev–Trinajstić information content (AvgIpc) is 2.96. The monoisotopic (exact) mass is 302 g/mol. The van der Waals surface area contributed by atoms with Gasteiger partial charge in [0.2, 0.25) is 5.71 Å². The molecule has 1 amide bonds. The SMILES string of the molecule is Cc1ccc2cc3cc(C(=O)Nc4ccccc4)oc3nc2c1. The highest BCUT2D eigenvalue weighted by Gasteiger charge is 2.14. The second kappa shape index (κ2) is 5.25. The molecule has 0 bridgehead atoms. The van der Waals surface area contributed by atoms with Gasteiger partial charge in [-0.25, -0.2) is 4.98 Å². The van der Waals surface area contributed by atoms with Gasteiger partial charge in [0, 0.05) is 16.5 Å². The van der Waals surface area contributed by atoms with E-state index in [9.17, 15) is 4.79 Å². The van der Waals surface area contributed by atoms with Crippen LogP contribution in [-0.2, 0) is 0 Å². The number of rotatable bonds is 2. The van der Waals surface area contributed by atoms with Crippen LogP contribution in [0.4, 0.5) is 5.69 Å². The van der Waals surface area contributed by atoms with Gasteiger partial charge in [-0.05, 0) is 42.8 Å². The molecule has 0 atom stereocenters. The van der Waals surface area contributed by atoms with E-state index in [-0.39, 0.29) is 11.7 Å². The zero-order valence-electron chi connectivity index (χ0n) is 12.5. The number of anilines is 1. The van der Waals surface area contributed by atoms with Gasteiger partial charge in [0.1, 0.15) is 0 Å². The second-order valence-electron chi connectivity index (χ2n) is 5.51. The average molecular weight is 302 g/mol. The van der Waals surface area contributed by atoms with E-state index in [0.29, 0.717) is 5.71 Å². The zero-order chi connectivity index (χ0) is 15.8. The fourth-order valence-corrected chi connectivity index (χ4v) is 2.56. The van der Waals surface area contributed by atoms with E-state index in [4.69, 9.17) is 4.42 Å². The third-order valence-corrected chi connectivity index (χ3v) is 3.71. The Labute approximate surface area is 132 Å². The van der Waals surface area contributed by atoms with Crippen LogP contribution in [0.5, 0.6) is 0 Å². The molecule has 0 saturated heterocycles. The van der Waals surface area contributed by atoms with Gasteiger partial charge in [0.05, 0.1) is 5.52 Å².